The summed E-state index contributed by atoms with van der Waals surface area (Å²) in [6, 6.07) is 12.3. The Morgan fingerprint density at radius 2 is 1.92 bits per heavy atom. The monoisotopic (exact) mass is 323 g/mol. The molecule has 0 aliphatic carbocycles. The van der Waals surface area contributed by atoms with Gasteiger partial charge in [0.25, 0.3) is 5.89 Å². The number of pyridine rings is 1. The van der Waals surface area contributed by atoms with Crippen molar-refractivity contribution in [2.24, 2.45) is 0 Å². The maximum atomic E-state index is 5.31. The lowest BCUT2D eigenvalue weighted by molar-refractivity contribution is 0.425. The van der Waals surface area contributed by atoms with Gasteiger partial charge in [-0.2, -0.15) is 4.98 Å². The van der Waals surface area contributed by atoms with E-state index in [1.807, 2.05) is 33.3 Å². The van der Waals surface area contributed by atoms with Crippen molar-refractivity contribution >= 4 is 11.5 Å². The summed E-state index contributed by atoms with van der Waals surface area (Å²) >= 11 is 0. The van der Waals surface area contributed by atoms with Crippen molar-refractivity contribution in [3.8, 4) is 11.5 Å². The van der Waals surface area contributed by atoms with E-state index in [-0.39, 0.29) is 0 Å². The van der Waals surface area contributed by atoms with Crippen molar-refractivity contribution in [2.45, 2.75) is 13.5 Å². The predicted octanol–water partition coefficient (Wildman–Crippen LogP) is 3.14. The van der Waals surface area contributed by atoms with Crippen LogP contribution in [0.4, 0.5) is 11.5 Å². The fraction of sp³-hybridized carbons (Fsp3) is 0.278. The molecule has 2 heterocycles. The lowest BCUT2D eigenvalue weighted by Gasteiger charge is -2.21. The van der Waals surface area contributed by atoms with Gasteiger partial charge in [0, 0.05) is 39.6 Å². The Hall–Kier alpha value is -2.89. The van der Waals surface area contributed by atoms with Crippen LogP contribution in [-0.4, -0.2) is 36.3 Å². The highest BCUT2D eigenvalue weighted by Crippen LogP contribution is 2.28. The van der Waals surface area contributed by atoms with Crippen LogP contribution in [0.5, 0.6) is 0 Å². The van der Waals surface area contributed by atoms with Gasteiger partial charge in [-0.3, -0.25) is 0 Å². The zero-order valence-corrected chi connectivity index (χ0v) is 14.4. The van der Waals surface area contributed by atoms with Crippen LogP contribution in [-0.2, 0) is 6.54 Å². The van der Waals surface area contributed by atoms with Crippen LogP contribution in [0.2, 0.25) is 0 Å². The molecule has 1 aromatic carbocycles. The van der Waals surface area contributed by atoms with E-state index < -0.39 is 0 Å². The highest BCUT2D eigenvalue weighted by molar-refractivity contribution is 5.69. The molecular weight excluding hydrogens is 302 g/mol. The van der Waals surface area contributed by atoms with Crippen LogP contribution in [0.25, 0.3) is 11.5 Å². The summed E-state index contributed by atoms with van der Waals surface area (Å²) in [5, 5.41) is 3.87. The smallest absolute Gasteiger partial charge is 0.261 e. The minimum Gasteiger partial charge on any atom is -0.378 e. The number of anilines is 2. The third kappa shape index (κ3) is 3.37. The second kappa shape index (κ2) is 6.70. The lowest BCUT2D eigenvalue weighted by atomic mass is 10.1. The average molecular weight is 323 g/mol. The second-order valence-electron chi connectivity index (χ2n) is 5.94. The first-order valence-electron chi connectivity index (χ1n) is 7.77. The Bertz CT molecular complexity index is 828. The number of hydrogen-bond donors (Lipinski definition) is 0. The number of rotatable bonds is 5. The Kier molecular flexibility index (Phi) is 4.46. The highest BCUT2D eigenvalue weighted by atomic mass is 16.5. The standard InChI is InChI=1S/C18H21N5O/c1-13-20-18(24-21-13)16-9-6-10-19-17(16)23(4)12-14-7-5-8-15(11-14)22(2)3/h5-11H,12H2,1-4H3. The molecule has 24 heavy (non-hydrogen) atoms. The van der Waals surface area contributed by atoms with Gasteiger partial charge in [-0.05, 0) is 36.8 Å². The molecule has 6 nitrogen and oxygen atoms in total. The van der Waals surface area contributed by atoms with E-state index in [9.17, 15) is 0 Å². The fourth-order valence-corrected chi connectivity index (χ4v) is 2.56. The SMILES string of the molecule is Cc1noc(-c2cccnc2N(C)Cc2cccc(N(C)C)c2)n1. The van der Waals surface area contributed by atoms with Crippen LogP contribution in [0.1, 0.15) is 11.4 Å². The molecule has 0 spiro atoms. The normalized spacial score (nSPS) is 10.7. The summed E-state index contributed by atoms with van der Waals surface area (Å²) < 4.78 is 5.31. The van der Waals surface area contributed by atoms with E-state index in [1.54, 1.807) is 13.1 Å². The van der Waals surface area contributed by atoms with Crippen molar-refractivity contribution < 1.29 is 4.52 Å². The van der Waals surface area contributed by atoms with Gasteiger partial charge in [0.15, 0.2) is 5.82 Å². The lowest BCUT2D eigenvalue weighted by Crippen LogP contribution is -2.19. The zero-order chi connectivity index (χ0) is 17.1. The molecule has 0 fully saturated rings. The first-order valence-corrected chi connectivity index (χ1v) is 7.77. The zero-order valence-electron chi connectivity index (χ0n) is 14.4. The van der Waals surface area contributed by atoms with Gasteiger partial charge in [-0.1, -0.05) is 17.3 Å². The topological polar surface area (TPSA) is 58.3 Å². The van der Waals surface area contributed by atoms with E-state index in [0.29, 0.717) is 11.7 Å². The van der Waals surface area contributed by atoms with Crippen molar-refractivity contribution in [3.05, 3.63) is 54.0 Å². The van der Waals surface area contributed by atoms with Crippen LogP contribution in [0, 0.1) is 6.92 Å². The van der Waals surface area contributed by atoms with Gasteiger partial charge in [-0.25, -0.2) is 4.98 Å². The number of nitrogens with zero attached hydrogens (tertiary/aromatic N) is 5. The molecule has 0 atom stereocenters. The van der Waals surface area contributed by atoms with Crippen LogP contribution < -0.4 is 9.80 Å². The first-order chi connectivity index (χ1) is 11.5. The fourth-order valence-electron chi connectivity index (χ4n) is 2.56. The van der Waals surface area contributed by atoms with Gasteiger partial charge in [0.2, 0.25) is 0 Å². The summed E-state index contributed by atoms with van der Waals surface area (Å²) in [7, 11) is 6.09. The summed E-state index contributed by atoms with van der Waals surface area (Å²) in [4.78, 5) is 13.0. The quantitative estimate of drug-likeness (QED) is 0.719. The second-order valence-corrected chi connectivity index (χ2v) is 5.94. The van der Waals surface area contributed by atoms with Gasteiger partial charge in [0.05, 0.1) is 5.56 Å². The number of hydrogen-bond acceptors (Lipinski definition) is 6. The minimum absolute atomic E-state index is 0.490. The molecule has 3 rings (SSSR count). The van der Waals surface area contributed by atoms with Crippen molar-refractivity contribution in [3.63, 3.8) is 0 Å². The van der Waals surface area contributed by atoms with Gasteiger partial charge in [-0.15, -0.1) is 0 Å². The van der Waals surface area contributed by atoms with E-state index in [2.05, 4.69) is 49.2 Å². The maximum Gasteiger partial charge on any atom is 0.261 e. The minimum atomic E-state index is 0.490. The van der Waals surface area contributed by atoms with E-state index in [0.717, 1.165) is 17.9 Å². The molecule has 0 unspecified atom stereocenters. The molecule has 0 N–H and O–H groups in total. The van der Waals surface area contributed by atoms with Crippen LogP contribution >= 0.6 is 0 Å². The molecule has 124 valence electrons. The molecule has 3 aromatic rings. The van der Waals surface area contributed by atoms with E-state index in [1.165, 1.54) is 11.3 Å². The average Bonchev–Trinajstić information content (AvgIpc) is 3.01. The first kappa shape index (κ1) is 16.0. The third-order valence-corrected chi connectivity index (χ3v) is 3.75. The van der Waals surface area contributed by atoms with Crippen molar-refractivity contribution in [1.29, 1.82) is 0 Å². The number of aryl methyl sites for hydroxylation is 1. The predicted molar refractivity (Wildman–Crippen MR) is 95.1 cm³/mol. The summed E-state index contributed by atoms with van der Waals surface area (Å²) in [6.45, 7) is 2.54. The summed E-state index contributed by atoms with van der Waals surface area (Å²) in [5.74, 6) is 1.92. The molecular formula is C18H21N5O. The van der Waals surface area contributed by atoms with Crippen LogP contribution in [0.15, 0.2) is 47.1 Å². The van der Waals surface area contributed by atoms with Gasteiger partial charge < -0.3 is 14.3 Å². The molecule has 6 heteroatoms. The summed E-state index contributed by atoms with van der Waals surface area (Å²) in [6.07, 6.45) is 1.77. The number of aromatic nitrogens is 3. The Labute approximate surface area is 141 Å². The Morgan fingerprint density at radius 1 is 1.08 bits per heavy atom. The molecule has 2 aromatic heterocycles. The van der Waals surface area contributed by atoms with Gasteiger partial charge in [0.1, 0.15) is 5.82 Å². The highest BCUT2D eigenvalue weighted by Gasteiger charge is 2.16. The molecule has 0 bridgehead atoms. The summed E-state index contributed by atoms with van der Waals surface area (Å²) in [5.41, 5.74) is 3.22. The molecule has 0 saturated heterocycles. The van der Waals surface area contributed by atoms with E-state index >= 15 is 0 Å². The van der Waals surface area contributed by atoms with Gasteiger partial charge >= 0.3 is 0 Å². The van der Waals surface area contributed by atoms with Crippen molar-refractivity contribution in [1.82, 2.24) is 15.1 Å². The largest absolute Gasteiger partial charge is 0.378 e. The molecule has 0 saturated carbocycles. The third-order valence-electron chi connectivity index (χ3n) is 3.75. The van der Waals surface area contributed by atoms with E-state index in [4.69, 9.17) is 4.52 Å². The maximum absolute atomic E-state index is 5.31. The number of benzene rings is 1. The van der Waals surface area contributed by atoms with Crippen LogP contribution in [0.3, 0.4) is 0 Å². The molecule has 0 aliphatic heterocycles. The molecule has 0 amide bonds. The van der Waals surface area contributed by atoms with Crippen molar-refractivity contribution in [2.75, 3.05) is 30.9 Å². The molecule has 0 radical (unpaired) electrons. The Balaban J connectivity index is 1.88. The molecule has 0 aliphatic rings. The Morgan fingerprint density at radius 3 is 2.62 bits per heavy atom.